The molecule has 0 radical (unpaired) electrons. The fraction of sp³-hybridized carbons (Fsp3) is 0.231. The van der Waals surface area contributed by atoms with Crippen molar-refractivity contribution in [2.75, 3.05) is 0 Å². The van der Waals surface area contributed by atoms with Gasteiger partial charge in [-0.3, -0.25) is 10.1 Å². The fourth-order valence-corrected chi connectivity index (χ4v) is 2.14. The molecule has 0 saturated carbocycles. The first-order valence-electron chi connectivity index (χ1n) is 5.98. The number of nitro groups is 1. The zero-order valence-electron chi connectivity index (χ0n) is 10.8. The Balaban J connectivity index is 1.97. The molecule has 0 bridgehead atoms. The SMILES string of the molecule is Cc1nccc(CNCc2ccc(Br)c([N+](=O)[O-])c2)n1. The molecule has 0 unspecified atom stereocenters. The van der Waals surface area contributed by atoms with Crippen LogP contribution >= 0.6 is 15.9 Å². The highest BCUT2D eigenvalue weighted by Crippen LogP contribution is 2.25. The summed E-state index contributed by atoms with van der Waals surface area (Å²) in [7, 11) is 0. The fourth-order valence-electron chi connectivity index (χ4n) is 1.75. The predicted molar refractivity (Wildman–Crippen MR) is 78.1 cm³/mol. The second-order valence-corrected chi connectivity index (χ2v) is 5.10. The zero-order chi connectivity index (χ0) is 14.5. The molecule has 0 aliphatic carbocycles. The van der Waals surface area contributed by atoms with Crippen LogP contribution in [-0.4, -0.2) is 14.9 Å². The number of aryl methyl sites for hydroxylation is 1. The van der Waals surface area contributed by atoms with Crippen LogP contribution in [0.1, 0.15) is 17.1 Å². The van der Waals surface area contributed by atoms with E-state index in [0.717, 1.165) is 17.1 Å². The normalized spacial score (nSPS) is 10.5. The molecule has 20 heavy (non-hydrogen) atoms. The van der Waals surface area contributed by atoms with Crippen molar-refractivity contribution in [2.24, 2.45) is 0 Å². The van der Waals surface area contributed by atoms with E-state index < -0.39 is 4.92 Å². The van der Waals surface area contributed by atoms with E-state index in [9.17, 15) is 10.1 Å². The number of nitrogens with one attached hydrogen (secondary N) is 1. The standard InChI is InChI=1S/C13H13BrN4O2/c1-9-16-5-4-11(17-9)8-15-7-10-2-3-12(14)13(6-10)18(19)20/h2-6,15H,7-8H2,1H3. The van der Waals surface area contributed by atoms with Gasteiger partial charge in [0, 0.05) is 25.4 Å². The molecule has 104 valence electrons. The van der Waals surface area contributed by atoms with Crippen LogP contribution in [0.15, 0.2) is 34.9 Å². The van der Waals surface area contributed by atoms with Gasteiger partial charge in [0.2, 0.25) is 0 Å². The molecule has 0 aliphatic heterocycles. The van der Waals surface area contributed by atoms with Crippen LogP contribution in [0.2, 0.25) is 0 Å². The lowest BCUT2D eigenvalue weighted by Crippen LogP contribution is -2.14. The van der Waals surface area contributed by atoms with E-state index in [1.165, 1.54) is 0 Å². The Morgan fingerprint density at radius 2 is 2.15 bits per heavy atom. The van der Waals surface area contributed by atoms with E-state index in [-0.39, 0.29) is 5.69 Å². The first kappa shape index (κ1) is 14.5. The van der Waals surface area contributed by atoms with Gasteiger partial charge in [-0.15, -0.1) is 0 Å². The maximum Gasteiger partial charge on any atom is 0.283 e. The Morgan fingerprint density at radius 3 is 2.85 bits per heavy atom. The molecular formula is C13H13BrN4O2. The Kier molecular flexibility index (Phi) is 4.75. The van der Waals surface area contributed by atoms with Crippen molar-refractivity contribution in [1.82, 2.24) is 15.3 Å². The molecule has 0 saturated heterocycles. The summed E-state index contributed by atoms with van der Waals surface area (Å²) < 4.78 is 0.484. The number of halogens is 1. The topological polar surface area (TPSA) is 81.0 Å². The van der Waals surface area contributed by atoms with Crippen molar-refractivity contribution in [3.63, 3.8) is 0 Å². The van der Waals surface area contributed by atoms with Gasteiger partial charge < -0.3 is 5.32 Å². The van der Waals surface area contributed by atoms with Crippen LogP contribution in [0.3, 0.4) is 0 Å². The van der Waals surface area contributed by atoms with E-state index in [4.69, 9.17) is 0 Å². The predicted octanol–water partition coefficient (Wildman–Crippen LogP) is 2.75. The third-order valence-corrected chi connectivity index (χ3v) is 3.35. The van der Waals surface area contributed by atoms with Gasteiger partial charge in [0.1, 0.15) is 5.82 Å². The van der Waals surface area contributed by atoms with Crippen molar-refractivity contribution >= 4 is 21.6 Å². The molecule has 1 heterocycles. The molecule has 6 nitrogen and oxygen atoms in total. The number of nitrogens with zero attached hydrogens (tertiary/aromatic N) is 3. The van der Waals surface area contributed by atoms with Crippen molar-refractivity contribution < 1.29 is 4.92 Å². The Bertz CT molecular complexity index is 634. The minimum atomic E-state index is -0.401. The molecule has 0 spiro atoms. The zero-order valence-corrected chi connectivity index (χ0v) is 12.4. The van der Waals surface area contributed by atoms with E-state index in [1.807, 2.05) is 19.1 Å². The number of hydrogen-bond acceptors (Lipinski definition) is 5. The molecule has 1 aromatic carbocycles. The maximum atomic E-state index is 10.8. The van der Waals surface area contributed by atoms with Gasteiger partial charge in [0.05, 0.1) is 15.1 Å². The molecule has 7 heteroatoms. The molecule has 2 aromatic rings. The second kappa shape index (κ2) is 6.53. The van der Waals surface area contributed by atoms with Crippen molar-refractivity contribution in [3.05, 3.63) is 62.1 Å². The smallest absolute Gasteiger partial charge is 0.283 e. The van der Waals surface area contributed by atoms with Crippen LogP contribution in [0.25, 0.3) is 0 Å². The highest BCUT2D eigenvalue weighted by molar-refractivity contribution is 9.10. The summed E-state index contributed by atoms with van der Waals surface area (Å²) >= 11 is 3.16. The van der Waals surface area contributed by atoms with Crippen molar-refractivity contribution in [3.8, 4) is 0 Å². The number of nitro benzene ring substituents is 1. The lowest BCUT2D eigenvalue weighted by Gasteiger charge is -2.05. The quantitative estimate of drug-likeness (QED) is 0.670. The maximum absolute atomic E-state index is 10.8. The van der Waals surface area contributed by atoms with Gasteiger partial charge in [0.15, 0.2) is 0 Å². The monoisotopic (exact) mass is 336 g/mol. The van der Waals surface area contributed by atoms with Crippen molar-refractivity contribution in [1.29, 1.82) is 0 Å². The second-order valence-electron chi connectivity index (χ2n) is 4.24. The number of rotatable bonds is 5. The molecule has 0 fully saturated rings. The number of aromatic nitrogens is 2. The summed E-state index contributed by atoms with van der Waals surface area (Å²) in [5, 5.41) is 14.0. The first-order chi connectivity index (χ1) is 9.56. The third-order valence-electron chi connectivity index (χ3n) is 2.68. The average molecular weight is 337 g/mol. The summed E-state index contributed by atoms with van der Waals surface area (Å²) in [6.45, 7) is 2.96. The molecule has 1 aromatic heterocycles. The molecular weight excluding hydrogens is 324 g/mol. The molecule has 0 aliphatic rings. The lowest BCUT2D eigenvalue weighted by molar-refractivity contribution is -0.385. The summed E-state index contributed by atoms with van der Waals surface area (Å²) in [5.41, 5.74) is 1.82. The van der Waals surface area contributed by atoms with Crippen molar-refractivity contribution in [2.45, 2.75) is 20.0 Å². The van der Waals surface area contributed by atoms with Gasteiger partial charge in [-0.1, -0.05) is 6.07 Å². The van der Waals surface area contributed by atoms with E-state index in [1.54, 1.807) is 18.3 Å². The van der Waals surface area contributed by atoms with E-state index >= 15 is 0 Å². The Labute approximate surface area is 124 Å². The molecule has 0 atom stereocenters. The van der Waals surface area contributed by atoms with Gasteiger partial charge in [-0.25, -0.2) is 9.97 Å². The van der Waals surface area contributed by atoms with Gasteiger partial charge in [-0.05, 0) is 40.5 Å². The van der Waals surface area contributed by atoms with Gasteiger partial charge >= 0.3 is 0 Å². The first-order valence-corrected chi connectivity index (χ1v) is 6.77. The minimum absolute atomic E-state index is 0.0715. The van der Waals surface area contributed by atoms with Crippen LogP contribution in [0.4, 0.5) is 5.69 Å². The highest BCUT2D eigenvalue weighted by atomic mass is 79.9. The molecule has 2 rings (SSSR count). The van der Waals surface area contributed by atoms with Crippen LogP contribution < -0.4 is 5.32 Å². The summed E-state index contributed by atoms with van der Waals surface area (Å²) in [6, 6.07) is 6.92. The summed E-state index contributed by atoms with van der Waals surface area (Å²) in [6.07, 6.45) is 1.71. The summed E-state index contributed by atoms with van der Waals surface area (Å²) in [5.74, 6) is 0.726. The van der Waals surface area contributed by atoms with Gasteiger partial charge in [0.25, 0.3) is 5.69 Å². The average Bonchev–Trinajstić information content (AvgIpc) is 2.40. The van der Waals surface area contributed by atoms with E-state index in [0.29, 0.717) is 17.6 Å². The Hall–Kier alpha value is -1.86. The van der Waals surface area contributed by atoms with Crippen LogP contribution in [-0.2, 0) is 13.1 Å². The van der Waals surface area contributed by atoms with E-state index in [2.05, 4.69) is 31.2 Å². The molecule has 0 amide bonds. The highest BCUT2D eigenvalue weighted by Gasteiger charge is 2.11. The lowest BCUT2D eigenvalue weighted by atomic mass is 10.2. The van der Waals surface area contributed by atoms with Crippen LogP contribution in [0, 0.1) is 17.0 Å². The largest absolute Gasteiger partial charge is 0.307 e. The minimum Gasteiger partial charge on any atom is -0.307 e. The molecule has 1 N–H and O–H groups in total. The third kappa shape index (κ3) is 3.82. The van der Waals surface area contributed by atoms with Gasteiger partial charge in [-0.2, -0.15) is 0 Å². The Morgan fingerprint density at radius 1 is 1.35 bits per heavy atom. The number of benzene rings is 1. The summed E-state index contributed by atoms with van der Waals surface area (Å²) in [4.78, 5) is 18.7. The number of hydrogen-bond donors (Lipinski definition) is 1. The van der Waals surface area contributed by atoms with Crippen LogP contribution in [0.5, 0.6) is 0 Å².